The summed E-state index contributed by atoms with van der Waals surface area (Å²) in [5, 5.41) is 8.14. The molecule has 0 bridgehead atoms. The second-order valence-electron chi connectivity index (χ2n) is 2.76. The zero-order chi connectivity index (χ0) is 8.85. The molecule has 0 saturated carbocycles. The normalized spacial score (nSPS) is 14.9. The maximum absolute atomic E-state index is 9.91. The fraction of sp³-hybridized carbons (Fsp3) is 0.625. The number of aliphatic hydroxyl groups is 1. The monoisotopic (exact) mass is 158 g/mol. The number of carbonyl (C=O) groups excluding carboxylic acids is 1. The van der Waals surface area contributed by atoms with Crippen LogP contribution in [0.1, 0.15) is 13.8 Å². The summed E-state index contributed by atoms with van der Waals surface area (Å²) in [7, 11) is 0. The van der Waals surface area contributed by atoms with E-state index in [9.17, 15) is 4.79 Å². The van der Waals surface area contributed by atoms with Crippen molar-refractivity contribution in [3.8, 4) is 0 Å². The average molecular weight is 158 g/mol. The fourth-order valence-corrected chi connectivity index (χ4v) is 0.233. The van der Waals surface area contributed by atoms with Crippen LogP contribution >= 0.6 is 0 Å². The zero-order valence-electron chi connectivity index (χ0n) is 6.96. The Morgan fingerprint density at radius 1 is 1.73 bits per heavy atom. The van der Waals surface area contributed by atoms with Crippen LogP contribution in [0.15, 0.2) is 12.2 Å². The highest BCUT2D eigenvalue weighted by Crippen LogP contribution is 2.05. The van der Waals surface area contributed by atoms with Crippen LogP contribution in [-0.2, 0) is 9.53 Å². The van der Waals surface area contributed by atoms with Gasteiger partial charge in [-0.05, 0) is 5.92 Å². The smallest absolute Gasteiger partial charge is 0.337 e. The van der Waals surface area contributed by atoms with Gasteiger partial charge >= 0.3 is 5.97 Å². The van der Waals surface area contributed by atoms with E-state index in [1.54, 1.807) is 0 Å². The maximum atomic E-state index is 9.91. The molecule has 3 heteroatoms. The first-order valence-electron chi connectivity index (χ1n) is 3.53. The summed E-state index contributed by atoms with van der Waals surface area (Å²) in [6, 6.07) is 0. The van der Waals surface area contributed by atoms with Crippen molar-refractivity contribution in [3.63, 3.8) is 0 Å². The van der Waals surface area contributed by atoms with Crippen molar-refractivity contribution in [2.24, 2.45) is 5.92 Å². The molecule has 3 nitrogen and oxygen atoms in total. The molecule has 0 aromatic heterocycles. The lowest BCUT2D eigenvalue weighted by atomic mass is 10.2. The number of ether oxygens (including phenoxy) is 1. The number of carbonyl (C=O) groups is 1. The average Bonchev–Trinajstić information content (AvgIpc) is 2.02. The summed E-state index contributed by atoms with van der Waals surface area (Å²) < 4.78 is 4.30. The van der Waals surface area contributed by atoms with Crippen molar-refractivity contribution in [2.45, 2.75) is 13.8 Å². The first-order valence-corrected chi connectivity index (χ1v) is 3.53. The molecule has 0 aromatic carbocycles. The van der Waals surface area contributed by atoms with Crippen LogP contribution in [-0.4, -0.2) is 24.3 Å². The van der Waals surface area contributed by atoms with Crippen LogP contribution in [0.4, 0.5) is 0 Å². The Morgan fingerprint density at radius 3 is 2.09 bits per heavy atom. The quantitative estimate of drug-likeness (QED) is 0.452. The largest absolute Gasteiger partial charge is 0.457 e. The Bertz CT molecular complexity index is 135. The van der Waals surface area contributed by atoms with Gasteiger partial charge in [0, 0.05) is 6.61 Å². The van der Waals surface area contributed by atoms with Gasteiger partial charge in [0.15, 0.2) is 0 Å². The van der Waals surface area contributed by atoms with E-state index in [0.29, 0.717) is 24.7 Å². The third-order valence-electron chi connectivity index (χ3n) is 1.03. The fourth-order valence-electron chi connectivity index (χ4n) is 0.233. The lowest BCUT2D eigenvalue weighted by Gasteiger charge is -2.13. The number of hydrogen-bond acceptors (Lipinski definition) is 3. The third kappa shape index (κ3) is 4.56. The molecular formula is C8H14O3. The molecule has 0 aliphatic carbocycles. The van der Waals surface area contributed by atoms with Crippen LogP contribution in [0.2, 0.25) is 0 Å². The van der Waals surface area contributed by atoms with Gasteiger partial charge in [0.2, 0.25) is 0 Å². The molecule has 0 aromatic rings. The summed E-state index contributed by atoms with van der Waals surface area (Å²) in [4.78, 5) is 9.91. The van der Waals surface area contributed by atoms with Gasteiger partial charge < -0.3 is 9.84 Å². The molecule has 1 aliphatic rings. The number of hydrogen-bond donors (Lipinski definition) is 1. The van der Waals surface area contributed by atoms with Gasteiger partial charge in [0.05, 0.1) is 5.57 Å². The van der Waals surface area contributed by atoms with Crippen molar-refractivity contribution in [1.82, 2.24) is 0 Å². The van der Waals surface area contributed by atoms with Gasteiger partial charge in [-0.2, -0.15) is 0 Å². The molecule has 1 N–H and O–H groups in total. The van der Waals surface area contributed by atoms with E-state index in [1.165, 1.54) is 0 Å². The summed E-state index contributed by atoms with van der Waals surface area (Å²) in [5.74, 6) is 0.185. The molecule has 0 spiro atoms. The van der Waals surface area contributed by atoms with Crippen LogP contribution in [0, 0.1) is 5.92 Å². The number of rotatable bonds is 1. The van der Waals surface area contributed by atoms with Crippen LogP contribution < -0.4 is 0 Å². The predicted octanol–water partition coefficient (Wildman–Crippen LogP) is 0.734. The minimum Gasteiger partial charge on any atom is -0.457 e. The summed E-state index contributed by atoms with van der Waals surface area (Å²) in [6.07, 6.45) is 0. The molecule has 11 heavy (non-hydrogen) atoms. The van der Waals surface area contributed by atoms with E-state index in [2.05, 4.69) is 11.3 Å². The van der Waals surface area contributed by atoms with Crippen molar-refractivity contribution >= 4 is 5.97 Å². The lowest BCUT2D eigenvalue weighted by Crippen LogP contribution is -2.22. The SMILES string of the molecule is C=C1COC1=O.CC(C)CO. The summed E-state index contributed by atoms with van der Waals surface area (Å²) in [6.45, 7) is 8.05. The highest BCUT2D eigenvalue weighted by atomic mass is 16.6. The molecule has 1 heterocycles. The van der Waals surface area contributed by atoms with E-state index in [0.717, 1.165) is 0 Å². The molecule has 0 amide bonds. The standard InChI is InChI=1S/C4H4O2.C4H10O/c1-3-2-6-4(3)5;1-4(2)3-5/h1-2H2;4-5H,3H2,1-2H3. The molecular weight excluding hydrogens is 144 g/mol. The van der Waals surface area contributed by atoms with Gasteiger partial charge in [0.1, 0.15) is 6.61 Å². The summed E-state index contributed by atoms with van der Waals surface area (Å²) >= 11 is 0. The molecule has 1 aliphatic heterocycles. The molecule has 0 radical (unpaired) electrons. The van der Waals surface area contributed by atoms with Gasteiger partial charge in [-0.15, -0.1) is 0 Å². The molecule has 0 atom stereocenters. The summed E-state index contributed by atoms with van der Waals surface area (Å²) in [5.41, 5.74) is 0.579. The van der Waals surface area contributed by atoms with Crippen LogP contribution in [0.5, 0.6) is 0 Å². The first kappa shape index (κ1) is 10.2. The van der Waals surface area contributed by atoms with Gasteiger partial charge in [-0.3, -0.25) is 0 Å². The number of esters is 1. The van der Waals surface area contributed by atoms with Crippen molar-refractivity contribution in [3.05, 3.63) is 12.2 Å². The molecule has 1 rings (SSSR count). The Labute approximate surface area is 66.7 Å². The Balaban J connectivity index is 0.000000187. The predicted molar refractivity (Wildman–Crippen MR) is 42.0 cm³/mol. The maximum Gasteiger partial charge on any atom is 0.337 e. The topological polar surface area (TPSA) is 46.5 Å². The Hall–Kier alpha value is -0.830. The van der Waals surface area contributed by atoms with E-state index in [1.807, 2.05) is 13.8 Å². The zero-order valence-corrected chi connectivity index (χ0v) is 6.96. The minimum absolute atomic E-state index is 0.255. The molecule has 64 valence electrons. The van der Waals surface area contributed by atoms with Crippen LogP contribution in [0.25, 0.3) is 0 Å². The van der Waals surface area contributed by atoms with E-state index >= 15 is 0 Å². The van der Waals surface area contributed by atoms with Crippen molar-refractivity contribution < 1.29 is 14.6 Å². The lowest BCUT2D eigenvalue weighted by molar-refractivity contribution is -0.147. The van der Waals surface area contributed by atoms with E-state index in [4.69, 9.17) is 5.11 Å². The molecule has 1 fully saturated rings. The molecule has 0 unspecified atom stereocenters. The van der Waals surface area contributed by atoms with E-state index in [-0.39, 0.29) is 5.97 Å². The highest BCUT2D eigenvalue weighted by Gasteiger charge is 2.18. The highest BCUT2D eigenvalue weighted by molar-refractivity contribution is 5.93. The molecule has 1 saturated heterocycles. The minimum atomic E-state index is -0.255. The number of cyclic esters (lactones) is 1. The second kappa shape index (κ2) is 4.91. The van der Waals surface area contributed by atoms with E-state index < -0.39 is 0 Å². The third-order valence-corrected chi connectivity index (χ3v) is 1.03. The van der Waals surface area contributed by atoms with Crippen molar-refractivity contribution in [2.75, 3.05) is 13.2 Å². The Kier molecular flexibility index (Phi) is 4.54. The first-order chi connectivity index (χ1) is 5.07. The number of aliphatic hydroxyl groups excluding tert-OH is 1. The van der Waals surface area contributed by atoms with Crippen molar-refractivity contribution in [1.29, 1.82) is 0 Å². The van der Waals surface area contributed by atoms with Crippen LogP contribution in [0.3, 0.4) is 0 Å². The van der Waals surface area contributed by atoms with Gasteiger partial charge in [-0.25, -0.2) is 4.79 Å². The Morgan fingerprint density at radius 2 is 2.09 bits per heavy atom. The van der Waals surface area contributed by atoms with Gasteiger partial charge in [0.25, 0.3) is 0 Å². The second-order valence-corrected chi connectivity index (χ2v) is 2.76. The van der Waals surface area contributed by atoms with Gasteiger partial charge in [-0.1, -0.05) is 20.4 Å².